The maximum absolute atomic E-state index is 13.6. The van der Waals surface area contributed by atoms with E-state index in [4.69, 9.17) is 9.47 Å². The number of hydrogen-bond acceptors (Lipinski definition) is 7. The maximum Gasteiger partial charge on any atom is 0.259 e. The molecule has 1 fully saturated rings. The minimum Gasteiger partial charge on any atom is -0.507 e. The zero-order valence-electron chi connectivity index (χ0n) is 20.2. The summed E-state index contributed by atoms with van der Waals surface area (Å²) >= 11 is 0. The van der Waals surface area contributed by atoms with E-state index in [-0.39, 0.29) is 11.3 Å². The quantitative estimate of drug-likeness (QED) is 0.575. The van der Waals surface area contributed by atoms with Crippen molar-refractivity contribution in [1.29, 1.82) is 0 Å². The number of ether oxygens (including phenoxy) is 2. The smallest absolute Gasteiger partial charge is 0.259 e. The lowest BCUT2D eigenvalue weighted by molar-refractivity contribution is 0.203. The third-order valence-corrected chi connectivity index (χ3v) is 6.50. The number of aromatic nitrogens is 2. The molecule has 3 heterocycles. The van der Waals surface area contributed by atoms with Gasteiger partial charge in [0, 0.05) is 56.2 Å². The zero-order chi connectivity index (χ0) is 24.2. The fraction of sp³-hybridized carbons (Fsp3) is 0.385. The number of benzene rings is 1. The van der Waals surface area contributed by atoms with Crippen LogP contribution < -0.4 is 19.9 Å². The minimum absolute atomic E-state index is 0.00206. The van der Waals surface area contributed by atoms with E-state index in [0.29, 0.717) is 36.7 Å². The first-order valence-electron chi connectivity index (χ1n) is 11.5. The Morgan fingerprint density at radius 1 is 1.06 bits per heavy atom. The molecule has 1 aliphatic rings. The van der Waals surface area contributed by atoms with Gasteiger partial charge in [0.05, 0.1) is 25.8 Å². The van der Waals surface area contributed by atoms with Crippen LogP contribution in [0.1, 0.15) is 29.8 Å². The van der Waals surface area contributed by atoms with Crippen molar-refractivity contribution in [2.45, 2.75) is 26.4 Å². The molecular weight excluding hydrogens is 432 g/mol. The molecule has 1 aliphatic heterocycles. The molecule has 2 aromatic heterocycles. The number of nitrogens with zero attached hydrogens (tertiary/aromatic N) is 4. The average Bonchev–Trinajstić information content (AvgIpc) is 2.87. The second-order valence-corrected chi connectivity index (χ2v) is 8.36. The number of aromatic hydroxyl groups is 1. The molecule has 4 rings (SSSR count). The minimum atomic E-state index is -0.474. The zero-order valence-corrected chi connectivity index (χ0v) is 20.2. The Balaban J connectivity index is 1.79. The molecule has 0 bridgehead atoms. The predicted molar refractivity (Wildman–Crippen MR) is 132 cm³/mol. The van der Waals surface area contributed by atoms with E-state index < -0.39 is 6.04 Å². The Labute approximate surface area is 200 Å². The highest BCUT2D eigenvalue weighted by molar-refractivity contribution is 5.49. The van der Waals surface area contributed by atoms with Gasteiger partial charge in [0.2, 0.25) is 0 Å². The number of anilines is 1. The molecule has 0 amide bonds. The number of piperazine rings is 1. The van der Waals surface area contributed by atoms with Gasteiger partial charge >= 0.3 is 0 Å². The van der Waals surface area contributed by atoms with Crippen LogP contribution in [0.3, 0.4) is 0 Å². The molecule has 3 aromatic rings. The van der Waals surface area contributed by atoms with Gasteiger partial charge in [0.1, 0.15) is 23.1 Å². The molecule has 8 heteroatoms. The van der Waals surface area contributed by atoms with Gasteiger partial charge in [-0.2, -0.15) is 0 Å². The molecule has 180 valence electrons. The van der Waals surface area contributed by atoms with Crippen molar-refractivity contribution in [2.24, 2.45) is 0 Å². The van der Waals surface area contributed by atoms with Crippen molar-refractivity contribution >= 4 is 5.82 Å². The molecule has 0 radical (unpaired) electrons. The van der Waals surface area contributed by atoms with Crippen LogP contribution in [-0.2, 0) is 6.54 Å². The van der Waals surface area contributed by atoms with Crippen LogP contribution in [-0.4, -0.2) is 60.0 Å². The Hall–Kier alpha value is -3.52. The van der Waals surface area contributed by atoms with Crippen molar-refractivity contribution in [3.8, 4) is 17.2 Å². The van der Waals surface area contributed by atoms with E-state index in [0.717, 1.165) is 30.2 Å². The topological polar surface area (TPSA) is 80.1 Å². The Bertz CT molecular complexity index is 1190. The van der Waals surface area contributed by atoms with Crippen molar-refractivity contribution in [2.75, 3.05) is 45.3 Å². The maximum atomic E-state index is 13.6. The number of aryl methyl sites for hydroxylation is 1. The largest absolute Gasteiger partial charge is 0.507 e. The van der Waals surface area contributed by atoms with Crippen molar-refractivity contribution < 1.29 is 14.6 Å². The summed E-state index contributed by atoms with van der Waals surface area (Å²) in [6, 6.07) is 12.7. The standard InChI is InChI=1S/C26H32N4O4/c1-5-30-18(2)16-21(31)24(26(30)32)25(20-10-9-19(33-3)17-22(20)34-4)29-14-12-28(13-15-29)23-8-6-7-11-27-23/h6-11,16-17,25,31H,5,12-15H2,1-4H3. The van der Waals surface area contributed by atoms with Crippen LogP contribution in [0.4, 0.5) is 5.82 Å². The molecule has 34 heavy (non-hydrogen) atoms. The van der Waals surface area contributed by atoms with E-state index >= 15 is 0 Å². The number of hydrogen-bond donors (Lipinski definition) is 1. The van der Waals surface area contributed by atoms with E-state index in [1.807, 2.05) is 50.2 Å². The first-order chi connectivity index (χ1) is 16.5. The van der Waals surface area contributed by atoms with E-state index in [1.54, 1.807) is 31.0 Å². The molecule has 1 saturated heterocycles. The van der Waals surface area contributed by atoms with Crippen molar-refractivity contribution in [1.82, 2.24) is 14.5 Å². The van der Waals surface area contributed by atoms with Gasteiger partial charge in [-0.1, -0.05) is 6.07 Å². The van der Waals surface area contributed by atoms with E-state index in [2.05, 4.69) is 14.8 Å². The summed E-state index contributed by atoms with van der Waals surface area (Å²) < 4.78 is 12.8. The number of methoxy groups -OCH3 is 2. The second-order valence-electron chi connectivity index (χ2n) is 8.36. The van der Waals surface area contributed by atoms with Crippen molar-refractivity contribution in [3.05, 3.63) is 75.8 Å². The summed E-state index contributed by atoms with van der Waals surface area (Å²) in [4.78, 5) is 22.5. The normalized spacial score (nSPS) is 15.2. The summed E-state index contributed by atoms with van der Waals surface area (Å²) in [5, 5.41) is 11.0. The van der Waals surface area contributed by atoms with Crippen LogP contribution in [0.5, 0.6) is 17.2 Å². The van der Waals surface area contributed by atoms with Crippen LogP contribution in [0.25, 0.3) is 0 Å². The van der Waals surface area contributed by atoms with E-state index in [1.165, 1.54) is 0 Å². The van der Waals surface area contributed by atoms with Crippen LogP contribution in [0, 0.1) is 6.92 Å². The molecule has 8 nitrogen and oxygen atoms in total. The fourth-order valence-electron chi connectivity index (χ4n) is 4.75. The molecule has 1 unspecified atom stereocenters. The van der Waals surface area contributed by atoms with Gasteiger partial charge in [-0.25, -0.2) is 4.98 Å². The molecule has 1 atom stereocenters. The molecule has 0 spiro atoms. The lowest BCUT2D eigenvalue weighted by Gasteiger charge is -2.40. The third-order valence-electron chi connectivity index (χ3n) is 6.50. The third kappa shape index (κ3) is 4.46. The Morgan fingerprint density at radius 3 is 2.44 bits per heavy atom. The Kier molecular flexibility index (Phi) is 7.07. The van der Waals surface area contributed by atoms with Gasteiger partial charge in [0.15, 0.2) is 0 Å². The molecule has 1 aromatic carbocycles. The van der Waals surface area contributed by atoms with Crippen molar-refractivity contribution in [3.63, 3.8) is 0 Å². The first-order valence-corrected chi connectivity index (χ1v) is 11.5. The average molecular weight is 465 g/mol. The van der Waals surface area contributed by atoms with Gasteiger partial charge in [-0.3, -0.25) is 9.69 Å². The number of pyridine rings is 2. The summed E-state index contributed by atoms with van der Waals surface area (Å²) in [7, 11) is 3.21. The van der Waals surface area contributed by atoms with Gasteiger partial charge in [-0.15, -0.1) is 0 Å². The summed E-state index contributed by atoms with van der Waals surface area (Å²) in [5.41, 5.74) is 1.72. The van der Waals surface area contributed by atoms with Gasteiger partial charge < -0.3 is 24.0 Å². The summed E-state index contributed by atoms with van der Waals surface area (Å²) in [6.45, 7) is 7.18. The highest BCUT2D eigenvalue weighted by atomic mass is 16.5. The molecule has 1 N–H and O–H groups in total. The summed E-state index contributed by atoms with van der Waals surface area (Å²) in [5.74, 6) is 2.21. The summed E-state index contributed by atoms with van der Waals surface area (Å²) in [6.07, 6.45) is 1.80. The van der Waals surface area contributed by atoms with E-state index in [9.17, 15) is 9.90 Å². The second kappa shape index (κ2) is 10.2. The van der Waals surface area contributed by atoms with Crippen LogP contribution in [0.2, 0.25) is 0 Å². The fourth-order valence-corrected chi connectivity index (χ4v) is 4.75. The SMILES string of the molecule is CCn1c(C)cc(O)c(C(c2ccc(OC)cc2OC)N2CCN(c3ccccn3)CC2)c1=O. The van der Waals surface area contributed by atoms with Gasteiger partial charge in [0.25, 0.3) is 5.56 Å². The molecular formula is C26H32N4O4. The van der Waals surface area contributed by atoms with Gasteiger partial charge in [-0.05, 0) is 44.2 Å². The Morgan fingerprint density at radius 2 is 1.82 bits per heavy atom. The molecule has 0 aliphatic carbocycles. The van der Waals surface area contributed by atoms with Crippen LogP contribution >= 0.6 is 0 Å². The predicted octanol–water partition coefficient (Wildman–Crippen LogP) is 3.21. The lowest BCUT2D eigenvalue weighted by Crippen LogP contribution is -2.49. The monoisotopic (exact) mass is 464 g/mol. The highest BCUT2D eigenvalue weighted by Gasteiger charge is 2.33. The van der Waals surface area contributed by atoms with Crippen LogP contribution in [0.15, 0.2) is 53.5 Å². The number of rotatable bonds is 7. The molecule has 0 saturated carbocycles. The lowest BCUT2D eigenvalue weighted by atomic mass is 9.95. The highest BCUT2D eigenvalue weighted by Crippen LogP contribution is 2.39. The first kappa shape index (κ1) is 23.6.